The van der Waals surface area contributed by atoms with Crippen LogP contribution >= 0.6 is 0 Å². The minimum atomic E-state index is -0.126. The lowest BCUT2D eigenvalue weighted by Gasteiger charge is -2.23. The molecule has 2 rings (SSSR count). The molecule has 30 heavy (non-hydrogen) atoms. The Bertz CT molecular complexity index is 675. The molecule has 1 unspecified atom stereocenters. The summed E-state index contributed by atoms with van der Waals surface area (Å²) >= 11 is 0. The lowest BCUT2D eigenvalue weighted by molar-refractivity contribution is -0.117. The molecule has 5 N–H and O–H groups in total. The summed E-state index contributed by atoms with van der Waals surface area (Å²) in [7, 11) is 0. The maximum absolute atomic E-state index is 12.5. The van der Waals surface area contributed by atoms with E-state index in [0.29, 0.717) is 38.0 Å². The Morgan fingerprint density at radius 2 is 1.93 bits per heavy atom. The molecule has 1 aromatic carbocycles. The Morgan fingerprint density at radius 1 is 1.27 bits per heavy atom. The Hall–Kier alpha value is -2.78. The molecule has 1 aromatic rings. The summed E-state index contributed by atoms with van der Waals surface area (Å²) < 4.78 is 0. The third kappa shape index (κ3) is 8.71. The summed E-state index contributed by atoms with van der Waals surface area (Å²) in [5, 5.41) is 7.60. The number of nitrogens with zero attached hydrogens (tertiary/aromatic N) is 1. The second-order valence-electron chi connectivity index (χ2n) is 6.32. The first-order valence-electron chi connectivity index (χ1n) is 10.3. The van der Waals surface area contributed by atoms with Gasteiger partial charge in [0.25, 0.3) is 5.91 Å². The number of benzene rings is 1. The van der Waals surface area contributed by atoms with Gasteiger partial charge in [-0.2, -0.15) is 0 Å². The van der Waals surface area contributed by atoms with Crippen molar-refractivity contribution in [3.05, 3.63) is 29.3 Å². The molecule has 0 aromatic heterocycles. The van der Waals surface area contributed by atoms with Gasteiger partial charge < -0.3 is 26.6 Å². The Balaban J connectivity index is 0.00000105. The van der Waals surface area contributed by atoms with Crippen LogP contribution in [0.4, 0.5) is 5.69 Å². The number of anilines is 1. The second kappa shape index (κ2) is 16.1. The predicted octanol–water partition coefficient (Wildman–Crippen LogP) is 1.23. The number of hydrogen-bond donors (Lipinski definition) is 4. The van der Waals surface area contributed by atoms with Gasteiger partial charge in [0, 0.05) is 42.5 Å². The van der Waals surface area contributed by atoms with E-state index in [0.717, 1.165) is 24.1 Å². The fraction of sp³-hybridized carbons (Fsp3) is 0.524. The van der Waals surface area contributed by atoms with E-state index in [4.69, 9.17) is 15.3 Å². The summed E-state index contributed by atoms with van der Waals surface area (Å²) in [6, 6.07) is 5.70. The van der Waals surface area contributed by atoms with Crippen LogP contribution in [0.2, 0.25) is 0 Å². The number of rotatable bonds is 10. The van der Waals surface area contributed by atoms with Gasteiger partial charge in [-0.3, -0.25) is 19.2 Å². The van der Waals surface area contributed by atoms with Crippen LogP contribution in [0, 0.1) is 0 Å². The van der Waals surface area contributed by atoms with Crippen LogP contribution in [-0.4, -0.2) is 55.2 Å². The zero-order chi connectivity index (χ0) is 22.9. The smallest absolute Gasteiger partial charge is 0.254 e. The van der Waals surface area contributed by atoms with Crippen molar-refractivity contribution >= 4 is 30.3 Å². The molecule has 0 radical (unpaired) electrons. The Morgan fingerprint density at radius 3 is 2.47 bits per heavy atom. The van der Waals surface area contributed by atoms with Crippen molar-refractivity contribution in [1.29, 1.82) is 0 Å². The van der Waals surface area contributed by atoms with Gasteiger partial charge in [0.15, 0.2) is 0 Å². The molecule has 168 valence electrons. The van der Waals surface area contributed by atoms with E-state index in [-0.39, 0.29) is 24.4 Å². The molecular weight excluding hydrogens is 386 g/mol. The lowest BCUT2D eigenvalue weighted by Crippen LogP contribution is -2.33. The van der Waals surface area contributed by atoms with Crippen molar-refractivity contribution < 1.29 is 19.2 Å². The molecule has 0 fully saturated rings. The summed E-state index contributed by atoms with van der Waals surface area (Å²) in [6.45, 7) is 10.0. The van der Waals surface area contributed by atoms with Crippen molar-refractivity contribution in [3.63, 3.8) is 0 Å². The highest BCUT2D eigenvalue weighted by Crippen LogP contribution is 2.31. The van der Waals surface area contributed by atoms with Crippen LogP contribution in [0.25, 0.3) is 0 Å². The van der Waals surface area contributed by atoms with Crippen molar-refractivity contribution in [1.82, 2.24) is 15.5 Å². The third-order valence-electron chi connectivity index (χ3n) is 4.25. The van der Waals surface area contributed by atoms with Gasteiger partial charge in [-0.25, -0.2) is 0 Å². The molecular formula is C21H35N5O4. The van der Waals surface area contributed by atoms with Crippen molar-refractivity contribution in [2.24, 2.45) is 5.73 Å². The van der Waals surface area contributed by atoms with Gasteiger partial charge >= 0.3 is 0 Å². The molecule has 0 saturated heterocycles. The van der Waals surface area contributed by atoms with Gasteiger partial charge in [0.1, 0.15) is 0 Å². The highest BCUT2D eigenvalue weighted by atomic mass is 16.2. The van der Waals surface area contributed by atoms with Crippen LogP contribution in [0.1, 0.15) is 56.5 Å². The molecule has 1 atom stereocenters. The maximum atomic E-state index is 12.5. The summed E-state index contributed by atoms with van der Waals surface area (Å²) in [6.07, 6.45) is 2.64. The highest BCUT2D eigenvalue weighted by Gasteiger charge is 2.32. The molecule has 0 bridgehead atoms. The van der Waals surface area contributed by atoms with E-state index in [1.807, 2.05) is 36.9 Å². The molecule has 1 heterocycles. The average Bonchev–Trinajstić information content (AvgIpc) is 3.09. The van der Waals surface area contributed by atoms with E-state index in [1.54, 1.807) is 5.32 Å². The first-order chi connectivity index (χ1) is 14.5. The van der Waals surface area contributed by atoms with E-state index >= 15 is 0 Å². The predicted molar refractivity (Wildman–Crippen MR) is 118 cm³/mol. The topological polar surface area (TPSA) is 134 Å². The van der Waals surface area contributed by atoms with Crippen LogP contribution in [-0.2, 0) is 20.9 Å². The molecule has 1 aliphatic heterocycles. The minimum absolute atomic E-state index is 0.0540. The quantitative estimate of drug-likeness (QED) is 0.332. The number of nitrogens with one attached hydrogen (secondary N) is 3. The minimum Gasteiger partial charge on any atom is -0.331 e. The second-order valence-corrected chi connectivity index (χ2v) is 6.32. The zero-order valence-electron chi connectivity index (χ0n) is 18.4. The monoisotopic (exact) mass is 421 g/mol. The molecule has 9 heteroatoms. The molecule has 0 aliphatic carbocycles. The first kappa shape index (κ1) is 27.2. The SMILES string of the molecule is CC.CCCC(C)N1Cc2c(NC(=O)CNCCN)cccc2C1=O.O=CNC=O. The van der Waals surface area contributed by atoms with E-state index < -0.39 is 0 Å². The Labute approximate surface area is 178 Å². The van der Waals surface area contributed by atoms with Gasteiger partial charge in [0.05, 0.1) is 6.54 Å². The number of amides is 4. The molecule has 9 nitrogen and oxygen atoms in total. The van der Waals surface area contributed by atoms with Gasteiger partial charge in [-0.1, -0.05) is 33.3 Å². The molecule has 0 spiro atoms. The lowest BCUT2D eigenvalue weighted by atomic mass is 10.1. The van der Waals surface area contributed by atoms with Crippen LogP contribution in [0.5, 0.6) is 0 Å². The number of fused-ring (bicyclic) bond motifs is 1. The number of carbonyl (C=O) groups is 4. The third-order valence-corrected chi connectivity index (χ3v) is 4.25. The number of imide groups is 1. The number of nitrogens with two attached hydrogens (primary N) is 1. The average molecular weight is 422 g/mol. The summed E-state index contributed by atoms with van der Waals surface area (Å²) in [5.41, 5.74) is 7.72. The normalized spacial score (nSPS) is 12.4. The zero-order valence-corrected chi connectivity index (χ0v) is 18.4. The van der Waals surface area contributed by atoms with E-state index in [9.17, 15) is 9.59 Å². The fourth-order valence-electron chi connectivity index (χ4n) is 2.93. The Kier molecular flexibility index (Phi) is 14.6. The highest BCUT2D eigenvalue weighted by molar-refractivity contribution is 6.02. The van der Waals surface area contributed by atoms with Crippen LogP contribution < -0.4 is 21.7 Å². The maximum Gasteiger partial charge on any atom is 0.254 e. The fourth-order valence-corrected chi connectivity index (χ4v) is 2.93. The van der Waals surface area contributed by atoms with E-state index in [2.05, 4.69) is 24.5 Å². The van der Waals surface area contributed by atoms with Gasteiger partial charge in [-0.15, -0.1) is 0 Å². The summed E-state index contributed by atoms with van der Waals surface area (Å²) in [4.78, 5) is 44.5. The van der Waals surface area contributed by atoms with Crippen molar-refractivity contribution in [2.45, 2.75) is 53.1 Å². The largest absolute Gasteiger partial charge is 0.331 e. The van der Waals surface area contributed by atoms with Gasteiger partial charge in [0.2, 0.25) is 18.7 Å². The molecule has 0 saturated carbocycles. The summed E-state index contributed by atoms with van der Waals surface area (Å²) in [5.74, 6) is -0.0716. The van der Waals surface area contributed by atoms with Crippen LogP contribution in [0.3, 0.4) is 0 Å². The van der Waals surface area contributed by atoms with Gasteiger partial charge in [-0.05, 0) is 25.5 Å². The van der Waals surface area contributed by atoms with Crippen molar-refractivity contribution in [3.8, 4) is 0 Å². The first-order valence-corrected chi connectivity index (χ1v) is 10.3. The number of carbonyl (C=O) groups excluding carboxylic acids is 4. The standard InChI is InChI=1S/C17H26N4O2.C2H3NO2.C2H6/c1-3-5-12(2)21-11-14-13(17(21)23)6-4-7-15(14)20-16(22)10-19-9-8-18;4-1-3-2-5;1-2/h4,6-7,12,19H,3,5,8-11,18H2,1-2H3,(H,20,22);1-2H,(H,3,4,5);1-2H3. The molecule has 4 amide bonds. The van der Waals surface area contributed by atoms with E-state index in [1.165, 1.54) is 0 Å². The number of hydrogen-bond acceptors (Lipinski definition) is 6. The van der Waals surface area contributed by atoms with Crippen molar-refractivity contribution in [2.75, 3.05) is 25.0 Å². The van der Waals surface area contributed by atoms with Crippen LogP contribution in [0.15, 0.2) is 18.2 Å². The molecule has 1 aliphatic rings.